The van der Waals surface area contributed by atoms with Crippen molar-refractivity contribution in [2.24, 2.45) is 5.92 Å². The van der Waals surface area contributed by atoms with Crippen LogP contribution >= 0.6 is 11.8 Å². The third-order valence-corrected chi connectivity index (χ3v) is 5.98. The Morgan fingerprint density at radius 3 is 2.68 bits per heavy atom. The van der Waals surface area contributed by atoms with E-state index in [1.165, 1.54) is 12.1 Å². The van der Waals surface area contributed by atoms with Gasteiger partial charge in [-0.2, -0.15) is 13.2 Å². The highest BCUT2D eigenvalue weighted by molar-refractivity contribution is 8.00. The number of hydrogen-bond acceptors (Lipinski definition) is 6. The van der Waals surface area contributed by atoms with Crippen molar-refractivity contribution in [3.63, 3.8) is 0 Å². The number of benzene rings is 2. The van der Waals surface area contributed by atoms with Gasteiger partial charge < -0.3 is 10.6 Å². The highest BCUT2D eigenvalue weighted by atomic mass is 32.2. The summed E-state index contributed by atoms with van der Waals surface area (Å²) < 4.78 is 38.5. The van der Waals surface area contributed by atoms with E-state index in [0.29, 0.717) is 6.54 Å². The number of para-hydroxylation sites is 1. The third kappa shape index (κ3) is 4.94. The van der Waals surface area contributed by atoms with Crippen LogP contribution in [-0.2, 0) is 15.8 Å². The second-order valence-corrected chi connectivity index (χ2v) is 8.21. The Hall–Kier alpha value is -2.76. The number of alkyl halides is 3. The number of rotatable bonds is 5. The maximum absolute atomic E-state index is 12.8. The predicted octanol–water partition coefficient (Wildman–Crippen LogP) is 2.35. The summed E-state index contributed by atoms with van der Waals surface area (Å²) in [6.45, 7) is 0.478. The van der Waals surface area contributed by atoms with Gasteiger partial charge in [-0.1, -0.05) is 24.3 Å². The molecule has 2 aromatic rings. The summed E-state index contributed by atoms with van der Waals surface area (Å²) in [5.41, 5.74) is 2.83. The molecule has 2 aromatic carbocycles. The van der Waals surface area contributed by atoms with Crippen molar-refractivity contribution in [2.45, 2.75) is 17.8 Å². The molecule has 7 nitrogen and oxygen atoms in total. The standard InChI is InChI=1S/C20H20F3N5O2S/c21-20(22,23)12-5-4-6-13(9-12)25-16(29)11-31-19-26-17-15(18(30)27-19)10-24-28(17)14-7-2-1-3-8-14/h1-9,15,17,19,24,26H,10-11H2,(H,25,29)(H,27,30). The maximum atomic E-state index is 12.8. The Labute approximate surface area is 180 Å². The number of thioether (sulfide) groups is 1. The summed E-state index contributed by atoms with van der Waals surface area (Å²) >= 11 is 1.15. The van der Waals surface area contributed by atoms with E-state index in [2.05, 4.69) is 21.4 Å². The van der Waals surface area contributed by atoms with Crippen molar-refractivity contribution in [2.75, 3.05) is 22.6 Å². The maximum Gasteiger partial charge on any atom is 0.416 e. The average Bonchev–Trinajstić information content (AvgIpc) is 3.17. The Kier molecular flexibility index (Phi) is 6.08. The number of carbonyl (C=O) groups excluding carboxylic acids is 2. The number of fused-ring (bicyclic) bond motifs is 1. The average molecular weight is 451 g/mol. The minimum Gasteiger partial charge on any atom is -0.331 e. The number of amides is 2. The van der Waals surface area contributed by atoms with E-state index in [9.17, 15) is 22.8 Å². The lowest BCUT2D eigenvalue weighted by Crippen LogP contribution is -2.63. The molecule has 2 heterocycles. The summed E-state index contributed by atoms with van der Waals surface area (Å²) in [5, 5.41) is 10.5. The first-order valence-electron chi connectivity index (χ1n) is 9.54. The zero-order valence-electron chi connectivity index (χ0n) is 16.1. The third-order valence-electron chi connectivity index (χ3n) is 4.96. The minimum atomic E-state index is -4.48. The van der Waals surface area contributed by atoms with Gasteiger partial charge in [-0.25, -0.2) is 5.43 Å². The number of nitrogens with zero attached hydrogens (tertiary/aromatic N) is 1. The molecule has 3 unspecified atom stereocenters. The Morgan fingerprint density at radius 2 is 1.94 bits per heavy atom. The number of halogens is 3. The zero-order chi connectivity index (χ0) is 22.0. The first kappa shape index (κ1) is 21.5. The molecule has 2 saturated heterocycles. The fraction of sp³-hybridized carbons (Fsp3) is 0.300. The lowest BCUT2D eigenvalue weighted by Gasteiger charge is -2.37. The van der Waals surface area contributed by atoms with Gasteiger partial charge in [0.2, 0.25) is 11.8 Å². The Morgan fingerprint density at radius 1 is 1.16 bits per heavy atom. The van der Waals surface area contributed by atoms with Crippen LogP contribution in [0.3, 0.4) is 0 Å². The molecule has 2 aliphatic heterocycles. The number of carbonyl (C=O) groups is 2. The molecule has 2 amide bonds. The van der Waals surface area contributed by atoms with Crippen molar-refractivity contribution >= 4 is 35.0 Å². The van der Waals surface area contributed by atoms with Crippen LogP contribution in [0, 0.1) is 5.92 Å². The molecule has 2 aliphatic rings. The van der Waals surface area contributed by atoms with Gasteiger partial charge in [0.1, 0.15) is 11.7 Å². The van der Waals surface area contributed by atoms with Gasteiger partial charge in [0.25, 0.3) is 0 Å². The molecule has 0 bridgehead atoms. The van der Waals surface area contributed by atoms with Gasteiger partial charge in [-0.3, -0.25) is 19.9 Å². The first-order chi connectivity index (χ1) is 14.8. The number of hydrogen-bond donors (Lipinski definition) is 4. The molecular formula is C20H20F3N5O2S. The van der Waals surface area contributed by atoms with Gasteiger partial charge in [-0.15, -0.1) is 11.8 Å². The second-order valence-electron chi connectivity index (χ2n) is 7.11. The molecule has 0 radical (unpaired) electrons. The highest BCUT2D eigenvalue weighted by Gasteiger charge is 2.44. The summed E-state index contributed by atoms with van der Waals surface area (Å²) in [7, 11) is 0. The van der Waals surface area contributed by atoms with Crippen LogP contribution in [0.15, 0.2) is 54.6 Å². The Balaban J connectivity index is 1.35. The monoisotopic (exact) mass is 451 g/mol. The van der Waals surface area contributed by atoms with E-state index in [4.69, 9.17) is 0 Å². The van der Waals surface area contributed by atoms with Crippen LogP contribution in [0.5, 0.6) is 0 Å². The van der Waals surface area contributed by atoms with Crippen LogP contribution < -0.4 is 26.4 Å². The smallest absolute Gasteiger partial charge is 0.331 e. The highest BCUT2D eigenvalue weighted by Crippen LogP contribution is 2.31. The van der Waals surface area contributed by atoms with Crippen LogP contribution in [0.1, 0.15) is 5.56 Å². The van der Waals surface area contributed by atoms with Gasteiger partial charge in [0, 0.05) is 12.2 Å². The number of hydrazine groups is 1. The van der Waals surface area contributed by atoms with Crippen molar-refractivity contribution in [1.29, 1.82) is 0 Å². The van der Waals surface area contributed by atoms with Crippen molar-refractivity contribution in [3.8, 4) is 0 Å². The normalized spacial score (nSPS) is 23.3. The summed E-state index contributed by atoms with van der Waals surface area (Å²) in [6, 6.07) is 14.0. The van der Waals surface area contributed by atoms with E-state index in [0.717, 1.165) is 29.6 Å². The van der Waals surface area contributed by atoms with E-state index >= 15 is 0 Å². The number of anilines is 2. The molecule has 0 aliphatic carbocycles. The topological polar surface area (TPSA) is 85.5 Å². The quantitative estimate of drug-likeness (QED) is 0.559. The molecule has 164 valence electrons. The van der Waals surface area contributed by atoms with E-state index in [-0.39, 0.29) is 29.4 Å². The summed E-state index contributed by atoms with van der Waals surface area (Å²) in [5.74, 6) is -0.946. The van der Waals surface area contributed by atoms with Crippen LogP contribution in [0.2, 0.25) is 0 Å². The lowest BCUT2D eigenvalue weighted by molar-refractivity contribution is -0.137. The van der Waals surface area contributed by atoms with Crippen LogP contribution in [0.25, 0.3) is 0 Å². The SMILES string of the molecule is O=C(CSC1NC(=O)C2CNN(c3ccccc3)C2N1)Nc1cccc(C(F)(F)F)c1. The van der Waals surface area contributed by atoms with Crippen molar-refractivity contribution in [1.82, 2.24) is 16.1 Å². The zero-order valence-corrected chi connectivity index (χ0v) is 17.0. The second kappa shape index (κ2) is 8.77. The van der Waals surface area contributed by atoms with Crippen LogP contribution in [0.4, 0.5) is 24.5 Å². The van der Waals surface area contributed by atoms with E-state index < -0.39 is 23.1 Å². The number of nitrogens with one attached hydrogen (secondary N) is 4. The molecule has 0 spiro atoms. The van der Waals surface area contributed by atoms with E-state index in [1.54, 1.807) is 0 Å². The largest absolute Gasteiger partial charge is 0.416 e. The fourth-order valence-electron chi connectivity index (χ4n) is 3.51. The fourth-order valence-corrected chi connectivity index (χ4v) is 4.33. The van der Waals surface area contributed by atoms with Crippen molar-refractivity contribution < 1.29 is 22.8 Å². The molecule has 0 saturated carbocycles. The molecule has 4 rings (SSSR count). The summed E-state index contributed by atoms with van der Waals surface area (Å²) in [4.78, 5) is 24.7. The molecule has 2 fully saturated rings. The van der Waals surface area contributed by atoms with Gasteiger partial charge in [-0.05, 0) is 30.3 Å². The van der Waals surface area contributed by atoms with Crippen molar-refractivity contribution in [3.05, 3.63) is 60.2 Å². The first-order valence-corrected chi connectivity index (χ1v) is 10.6. The van der Waals surface area contributed by atoms with E-state index in [1.807, 2.05) is 35.3 Å². The molecule has 31 heavy (non-hydrogen) atoms. The summed E-state index contributed by atoms with van der Waals surface area (Å²) in [6.07, 6.45) is -4.78. The minimum absolute atomic E-state index is 0.0512. The Bertz CT molecular complexity index is 959. The molecule has 3 atom stereocenters. The van der Waals surface area contributed by atoms with Gasteiger partial charge >= 0.3 is 6.18 Å². The van der Waals surface area contributed by atoms with Gasteiger partial charge in [0.05, 0.1) is 22.9 Å². The lowest BCUT2D eigenvalue weighted by atomic mass is 10.1. The van der Waals surface area contributed by atoms with Gasteiger partial charge in [0.15, 0.2) is 0 Å². The molecular weight excluding hydrogens is 431 g/mol. The molecule has 4 N–H and O–H groups in total. The predicted molar refractivity (Wildman–Crippen MR) is 112 cm³/mol. The molecule has 0 aromatic heterocycles. The molecule has 11 heteroatoms. The van der Waals surface area contributed by atoms with Crippen LogP contribution in [-0.4, -0.2) is 35.8 Å².